The summed E-state index contributed by atoms with van der Waals surface area (Å²) in [5.74, 6) is 74.1. The number of aliphatic hydroxyl groups is 8. The van der Waals surface area contributed by atoms with Gasteiger partial charge in [0, 0.05) is 172 Å². The number of likely N-dealkylation sites (tertiary alicyclic amines) is 1. The van der Waals surface area contributed by atoms with Crippen LogP contribution in [-0.2, 0) is 33.2 Å². The topological polar surface area (TPSA) is 275 Å². The fraction of sp³-hybridized carbons (Fsp3) is 0.746. The van der Waals surface area contributed by atoms with Crippen molar-refractivity contribution in [3.63, 3.8) is 0 Å². The Bertz CT molecular complexity index is 4160. The van der Waals surface area contributed by atoms with Gasteiger partial charge in [-0.25, -0.2) is 8.78 Å². The molecule has 3 atom stereocenters. The lowest BCUT2D eigenvalue weighted by Gasteiger charge is -2.39. The van der Waals surface area contributed by atoms with E-state index in [1.54, 1.807) is 12.3 Å². The Morgan fingerprint density at radius 2 is 0.704 bits per heavy atom. The summed E-state index contributed by atoms with van der Waals surface area (Å²) < 4.78 is 60.2. The highest BCUT2D eigenvalue weighted by molar-refractivity contribution is 5.32. The van der Waals surface area contributed by atoms with Gasteiger partial charge in [-0.2, -0.15) is 0 Å². The van der Waals surface area contributed by atoms with E-state index in [0.29, 0.717) is 182 Å². The fourth-order valence-electron chi connectivity index (χ4n) is 12.0. The molecule has 0 spiro atoms. The van der Waals surface area contributed by atoms with Crippen molar-refractivity contribution in [2.24, 2.45) is 87.8 Å². The standard InChI is InChI=1S/C11H19NO.C10H11NO.C10H17N.2C10H16O2.C10H16O.C9H12F2O.2C9H14O2.2C9H14O.C8H12O2/c1-10(2)4-5-11(13)6-8-12(3)9-7-11;1-8(2)3-4-9-5-6-10(12)11-7-9;1-9(2)6-7-10-5-3-4-8-11-10;2*1-9(2)3-4-10(11)5-7-12-8-6-10;1-9(2)3-4-10-5-7-11-8-6-10;1-7(2)3-4-8(12)5-9(10,11)6-8;2*1-8(2)3-4-9(10)5-6-11-7-9;1-8(2)4-5-9(3)6-10-7-9;1-8(2)3-4-9(7-10)5-6-9;1-7(2)3-4-8(9)5-10-6-8/h10,13H,6-9H2,1-3H3;5-8H,1-2H3,(H,11,12);9-11H,3-5,8H2,1-2H3;2*9,11H,5-8H2,1-2H3;9-10H,5-8H2,1-2H3;7,12H,5-6H2,1-2H3;2*8,10H,5-7H2,1-2H3;8H,6-7H2,1-3H3;8,10H,5-7H2,1-2H3;7,9H,5-6H2,1-2H3. The molecule has 21 heteroatoms. The van der Waals surface area contributed by atoms with Crippen molar-refractivity contribution >= 4 is 0 Å². The molecule has 135 heavy (non-hydrogen) atoms. The van der Waals surface area contributed by atoms with Crippen LogP contribution in [-0.4, -0.2) is 228 Å². The van der Waals surface area contributed by atoms with Gasteiger partial charge in [0.1, 0.15) is 22.4 Å². The van der Waals surface area contributed by atoms with Crippen LogP contribution in [0.15, 0.2) is 23.1 Å². The van der Waals surface area contributed by atoms with Crippen molar-refractivity contribution in [2.45, 2.75) is 333 Å². The number of nitrogens with zero attached hydrogens (tertiary/aromatic N) is 1. The second-order valence-corrected chi connectivity index (χ2v) is 41.0. The van der Waals surface area contributed by atoms with Crippen molar-refractivity contribution in [3.8, 4) is 142 Å². The van der Waals surface area contributed by atoms with Gasteiger partial charge in [0.05, 0.1) is 116 Å². The summed E-state index contributed by atoms with van der Waals surface area (Å²) in [5, 5.41) is 80.0. The molecule has 0 radical (unpaired) electrons. The summed E-state index contributed by atoms with van der Waals surface area (Å²) in [7, 11) is 2.08. The zero-order valence-electron chi connectivity index (χ0n) is 87.6. The molecule has 756 valence electrons. The van der Waals surface area contributed by atoms with Crippen LogP contribution >= 0.6 is 0 Å². The van der Waals surface area contributed by atoms with Gasteiger partial charge in [-0.1, -0.05) is 302 Å². The zero-order valence-corrected chi connectivity index (χ0v) is 87.6. The lowest BCUT2D eigenvalue weighted by molar-refractivity contribution is -0.176. The molecule has 11 aliphatic rings. The first-order chi connectivity index (χ1) is 63.0. The van der Waals surface area contributed by atoms with E-state index >= 15 is 0 Å². The number of pyridine rings is 1. The molecule has 2 aliphatic carbocycles. The Kier molecular flexibility index (Phi) is 61.3. The molecule has 10 N–H and O–H groups in total. The normalized spacial score (nSPS) is 22.1. The van der Waals surface area contributed by atoms with Crippen LogP contribution < -0.4 is 10.9 Å². The molecule has 0 aromatic carbocycles. The van der Waals surface area contributed by atoms with Gasteiger partial charge in [-0.15, -0.1) is 5.92 Å². The SMILES string of the molecule is CC(C)C#CC1(C)COC1.CC(C)C#CC1(CO)CC1.CC(C)C#CC1(O)CC(F)(F)C1.CC(C)C#CC1(O)CCN(C)CC1.CC(C)C#CC1(O)CCOC1.CC(C)C#CC1(O)CCOC1.CC(C)C#CC1(O)CCOCC1.CC(C)C#CC1(O)CCOCC1.CC(C)C#CC1(O)COC1.CC(C)C#CC1CCCCN1.CC(C)C#CC1CCOCC1.CC(C)C#Cc1ccc(=O)[nH]c1. The summed E-state index contributed by atoms with van der Waals surface area (Å²) in [6, 6.07) is 3.67. The van der Waals surface area contributed by atoms with Crippen LogP contribution in [0.1, 0.15) is 288 Å². The largest absolute Gasteiger partial charge is 0.395 e. The third-order valence-corrected chi connectivity index (χ3v) is 20.6. The quantitative estimate of drug-likeness (QED) is 0.117. The van der Waals surface area contributed by atoms with E-state index in [0.717, 1.165) is 90.2 Å². The number of halogens is 2. The van der Waals surface area contributed by atoms with Crippen LogP contribution in [0.5, 0.6) is 0 Å². The summed E-state index contributed by atoms with van der Waals surface area (Å²) in [6.07, 6.45) is 14.3. The first kappa shape index (κ1) is 126. The summed E-state index contributed by atoms with van der Waals surface area (Å²) in [4.78, 5) is 15.4. The molecule has 9 saturated heterocycles. The number of aromatic nitrogens is 1. The molecule has 12 rings (SSSR count). The number of ether oxygens (including phenoxy) is 7. The van der Waals surface area contributed by atoms with Crippen LogP contribution in [0.4, 0.5) is 8.78 Å². The highest BCUT2D eigenvalue weighted by Crippen LogP contribution is 2.46. The lowest BCUT2D eigenvalue weighted by Crippen LogP contribution is -2.50. The van der Waals surface area contributed by atoms with Crippen molar-refractivity contribution in [2.75, 3.05) is 126 Å². The average Bonchev–Trinajstić information content (AvgIpc) is 1.78. The number of rotatable bonds is 1. The van der Waals surface area contributed by atoms with Gasteiger partial charge in [0.2, 0.25) is 5.56 Å². The first-order valence-corrected chi connectivity index (χ1v) is 49.5. The minimum Gasteiger partial charge on any atom is -0.395 e. The monoisotopic (exact) mass is 1880 g/mol. The summed E-state index contributed by atoms with van der Waals surface area (Å²) in [6.45, 7) is 63.0. The van der Waals surface area contributed by atoms with E-state index in [4.69, 9.17) is 38.3 Å². The van der Waals surface area contributed by atoms with Crippen LogP contribution in [0.3, 0.4) is 0 Å². The van der Waals surface area contributed by atoms with Crippen LogP contribution in [0, 0.1) is 230 Å². The number of aromatic amines is 1. The van der Waals surface area contributed by atoms with Crippen molar-refractivity contribution in [1.82, 2.24) is 15.2 Å². The maximum absolute atomic E-state index is 12.3. The van der Waals surface area contributed by atoms with Gasteiger partial charge < -0.3 is 89.2 Å². The molecule has 0 amide bonds. The smallest absolute Gasteiger partial charge is 0.255 e. The molecule has 1 aromatic rings. The Hall–Kier alpha value is -7.15. The van der Waals surface area contributed by atoms with Crippen molar-refractivity contribution in [1.29, 1.82) is 0 Å². The number of aliphatic hydroxyl groups excluding tert-OH is 1. The van der Waals surface area contributed by atoms with Crippen molar-refractivity contribution in [3.05, 3.63) is 34.2 Å². The number of nitrogens with one attached hydrogen (secondary N) is 2. The van der Waals surface area contributed by atoms with Crippen molar-refractivity contribution < 1.29 is 82.8 Å². The third-order valence-electron chi connectivity index (χ3n) is 20.6. The first-order valence-electron chi connectivity index (χ1n) is 49.5. The van der Waals surface area contributed by atoms with Crippen LogP contribution in [0.25, 0.3) is 0 Å². The molecule has 2 saturated carbocycles. The number of hydrogen-bond donors (Lipinski definition) is 10. The predicted octanol–water partition coefficient (Wildman–Crippen LogP) is 15.6. The minimum absolute atomic E-state index is 0.0181. The van der Waals surface area contributed by atoms with Gasteiger partial charge in [-0.05, 0) is 71.5 Å². The maximum atomic E-state index is 12.3. The second kappa shape index (κ2) is 65.7. The van der Waals surface area contributed by atoms with Gasteiger partial charge in [0.25, 0.3) is 5.92 Å². The van der Waals surface area contributed by atoms with Gasteiger partial charge >= 0.3 is 0 Å². The van der Waals surface area contributed by atoms with E-state index in [1.165, 1.54) is 25.3 Å². The summed E-state index contributed by atoms with van der Waals surface area (Å²) >= 11 is 0. The number of piperidine rings is 2. The van der Waals surface area contributed by atoms with Crippen LogP contribution in [0.2, 0.25) is 0 Å². The number of alkyl halides is 2. The number of hydrogen-bond acceptors (Lipinski definition) is 18. The Morgan fingerprint density at radius 3 is 1.02 bits per heavy atom. The van der Waals surface area contributed by atoms with Gasteiger partial charge in [0.15, 0.2) is 16.8 Å². The maximum Gasteiger partial charge on any atom is 0.255 e. The third kappa shape index (κ3) is 65.4. The number of H-pyrrole nitrogens is 1. The Labute approximate surface area is 816 Å². The molecule has 11 fully saturated rings. The molecule has 3 unspecified atom stereocenters. The molecule has 10 heterocycles. The molecule has 19 nitrogen and oxygen atoms in total. The molecule has 1 aromatic heterocycles. The molecular weight excluding hydrogens is 1710 g/mol. The Morgan fingerprint density at radius 1 is 0.370 bits per heavy atom. The average molecular weight is 1880 g/mol. The lowest BCUT2D eigenvalue weighted by atomic mass is 9.77. The fourth-order valence-corrected chi connectivity index (χ4v) is 12.0. The predicted molar refractivity (Wildman–Crippen MR) is 542 cm³/mol. The van der Waals surface area contributed by atoms with Gasteiger partial charge in [-0.3, -0.25) is 4.79 Å². The van der Waals surface area contributed by atoms with E-state index < -0.39 is 58.0 Å². The molecule has 9 aliphatic heterocycles. The molecule has 0 bridgehead atoms. The minimum atomic E-state index is -2.71. The summed E-state index contributed by atoms with van der Waals surface area (Å²) in [5.41, 5.74) is -5.28. The molecular formula is C114H175F2N3O16. The van der Waals surface area contributed by atoms with E-state index in [2.05, 4.69) is 227 Å². The zero-order chi connectivity index (χ0) is 102. The van der Waals surface area contributed by atoms with E-state index in [-0.39, 0.29) is 28.9 Å². The highest BCUT2D eigenvalue weighted by Gasteiger charge is 2.55. The van der Waals surface area contributed by atoms with E-state index in [1.807, 2.05) is 111 Å². The second-order valence-electron chi connectivity index (χ2n) is 41.0. The van der Waals surface area contributed by atoms with E-state index in [9.17, 15) is 49.3 Å². The Balaban J connectivity index is 0.000000737. The highest BCUT2D eigenvalue weighted by atomic mass is 19.3.